The maximum Gasteiger partial charge on any atom is 0.325 e. The summed E-state index contributed by atoms with van der Waals surface area (Å²) in [5.41, 5.74) is -0.0126. The molecule has 148 valence electrons. The zero-order chi connectivity index (χ0) is 19.9. The molecule has 2 aliphatic rings. The largest absolute Gasteiger partial charge is 0.325 e. The molecule has 0 radical (unpaired) electrons. The minimum absolute atomic E-state index is 0.0735. The molecule has 1 aromatic carbocycles. The summed E-state index contributed by atoms with van der Waals surface area (Å²) in [4.78, 5) is 45.8. The molecule has 2 atom stereocenters. The molecule has 1 aliphatic carbocycles. The Morgan fingerprint density at radius 3 is 2.86 bits per heavy atom. The number of carbonyl (C=O) groups is 3. The van der Waals surface area contributed by atoms with Gasteiger partial charge in [0.15, 0.2) is 5.13 Å². The topological polar surface area (TPSA) is 82.6 Å². The van der Waals surface area contributed by atoms with Gasteiger partial charge in [0.05, 0.1) is 10.2 Å². The van der Waals surface area contributed by atoms with Crippen LogP contribution in [-0.4, -0.2) is 46.4 Å². The molecule has 2 unspecified atom stereocenters. The summed E-state index contributed by atoms with van der Waals surface area (Å²) in [6.07, 6.45) is 3.51. The number of nitrogens with one attached hydrogen (secondary N) is 1. The molecule has 4 amide bonds. The number of urea groups is 1. The van der Waals surface area contributed by atoms with Crippen molar-refractivity contribution in [2.45, 2.75) is 45.1 Å². The van der Waals surface area contributed by atoms with Gasteiger partial charge in [-0.15, -0.1) is 0 Å². The molecule has 2 fully saturated rings. The Kier molecular flexibility index (Phi) is 4.82. The summed E-state index contributed by atoms with van der Waals surface area (Å²) >= 11 is 1.43. The number of hydrogen-bond acceptors (Lipinski definition) is 5. The fourth-order valence-corrected chi connectivity index (χ4v) is 5.30. The predicted molar refractivity (Wildman–Crippen MR) is 108 cm³/mol. The van der Waals surface area contributed by atoms with E-state index in [9.17, 15) is 14.4 Å². The first kappa shape index (κ1) is 18.9. The average Bonchev–Trinajstić information content (AvgIpc) is 3.20. The fourth-order valence-electron chi connectivity index (χ4n) is 4.25. The van der Waals surface area contributed by atoms with E-state index < -0.39 is 11.6 Å². The summed E-state index contributed by atoms with van der Waals surface area (Å²) in [6, 6.07) is 7.23. The van der Waals surface area contributed by atoms with E-state index >= 15 is 0 Å². The number of thiazole rings is 1. The molecule has 8 heteroatoms. The predicted octanol–water partition coefficient (Wildman–Crippen LogP) is 3.15. The van der Waals surface area contributed by atoms with Gasteiger partial charge in [-0.05, 0) is 37.8 Å². The number of hydrogen-bond donors (Lipinski definition) is 1. The molecule has 2 heterocycles. The third kappa shape index (κ3) is 2.96. The van der Waals surface area contributed by atoms with Crippen LogP contribution < -0.4 is 10.2 Å². The quantitative estimate of drug-likeness (QED) is 0.799. The van der Waals surface area contributed by atoms with Gasteiger partial charge in [0.2, 0.25) is 5.91 Å². The van der Waals surface area contributed by atoms with Gasteiger partial charge in [-0.2, -0.15) is 0 Å². The maximum absolute atomic E-state index is 13.1. The molecule has 28 heavy (non-hydrogen) atoms. The second-order valence-electron chi connectivity index (χ2n) is 7.54. The van der Waals surface area contributed by atoms with Gasteiger partial charge < -0.3 is 5.32 Å². The zero-order valence-corrected chi connectivity index (χ0v) is 16.9. The van der Waals surface area contributed by atoms with E-state index in [1.54, 1.807) is 4.90 Å². The van der Waals surface area contributed by atoms with Gasteiger partial charge >= 0.3 is 6.03 Å². The summed E-state index contributed by atoms with van der Waals surface area (Å²) in [7, 11) is 0. The zero-order valence-electron chi connectivity index (χ0n) is 16.1. The number of imide groups is 1. The lowest BCUT2D eigenvalue weighted by molar-refractivity contribution is -0.136. The van der Waals surface area contributed by atoms with Crippen LogP contribution in [0.5, 0.6) is 0 Å². The van der Waals surface area contributed by atoms with Gasteiger partial charge in [-0.3, -0.25) is 19.4 Å². The Labute approximate surface area is 167 Å². The van der Waals surface area contributed by atoms with E-state index in [1.165, 1.54) is 11.3 Å². The first-order valence-corrected chi connectivity index (χ1v) is 10.6. The van der Waals surface area contributed by atoms with E-state index in [1.807, 2.05) is 38.1 Å². The second kappa shape index (κ2) is 7.16. The van der Waals surface area contributed by atoms with Crippen molar-refractivity contribution in [2.24, 2.45) is 5.92 Å². The fraction of sp³-hybridized carbons (Fsp3) is 0.500. The van der Waals surface area contributed by atoms with E-state index in [4.69, 9.17) is 0 Å². The Morgan fingerprint density at radius 1 is 1.36 bits per heavy atom. The molecule has 1 N–H and O–H groups in total. The number of fused-ring (bicyclic) bond motifs is 1. The van der Waals surface area contributed by atoms with Crippen LogP contribution in [0.2, 0.25) is 0 Å². The molecule has 1 saturated heterocycles. The number of anilines is 1. The SMILES string of the molecule is CCN(C(=O)CN1C(=O)NC2(CCCCC2C)C1=O)c1nc2ccccc2s1. The maximum atomic E-state index is 13.1. The Bertz CT molecular complexity index is 909. The van der Waals surface area contributed by atoms with Crippen LogP contribution in [0.4, 0.5) is 9.93 Å². The third-order valence-corrected chi connectivity index (χ3v) is 6.98. The normalized spacial score (nSPS) is 24.8. The number of rotatable bonds is 4. The van der Waals surface area contributed by atoms with E-state index in [0.717, 1.165) is 34.4 Å². The van der Waals surface area contributed by atoms with Gasteiger partial charge in [0.1, 0.15) is 12.1 Å². The molecular weight excluding hydrogens is 376 g/mol. The molecule has 7 nitrogen and oxygen atoms in total. The first-order chi connectivity index (χ1) is 13.5. The first-order valence-electron chi connectivity index (χ1n) is 9.76. The minimum Gasteiger partial charge on any atom is -0.323 e. The molecular formula is C20H24N4O3S. The summed E-state index contributed by atoms with van der Waals surface area (Å²) in [5.74, 6) is -0.492. The van der Waals surface area contributed by atoms with Gasteiger partial charge in [-0.25, -0.2) is 9.78 Å². The van der Waals surface area contributed by atoms with Crippen molar-refractivity contribution < 1.29 is 14.4 Å². The van der Waals surface area contributed by atoms with Crippen molar-refractivity contribution in [1.29, 1.82) is 0 Å². The van der Waals surface area contributed by atoms with Gasteiger partial charge in [-0.1, -0.05) is 43.2 Å². The van der Waals surface area contributed by atoms with Crippen LogP contribution in [0.25, 0.3) is 10.2 Å². The summed E-state index contributed by atoms with van der Waals surface area (Å²) in [5, 5.41) is 3.48. The molecule has 1 aliphatic heterocycles. The highest BCUT2D eigenvalue weighted by Crippen LogP contribution is 2.38. The Morgan fingerprint density at radius 2 is 2.14 bits per heavy atom. The van der Waals surface area contributed by atoms with E-state index in [0.29, 0.717) is 18.1 Å². The minimum atomic E-state index is -0.845. The smallest absolute Gasteiger partial charge is 0.323 e. The van der Waals surface area contributed by atoms with Crippen LogP contribution in [0.1, 0.15) is 39.5 Å². The standard InChI is InChI=1S/C20H24N4O3S/c1-3-23(19-21-14-9-4-5-10-15(14)28-19)16(25)12-24-17(26)20(22-18(24)27)11-7-6-8-13(20)2/h4-5,9-10,13H,3,6-8,11-12H2,1-2H3,(H,22,27). The third-order valence-electron chi connectivity index (χ3n) is 5.93. The Balaban J connectivity index is 1.55. The van der Waals surface area contributed by atoms with E-state index in [2.05, 4.69) is 10.3 Å². The lowest BCUT2D eigenvalue weighted by Gasteiger charge is -2.36. The summed E-state index contributed by atoms with van der Waals surface area (Å²) in [6.45, 7) is 4.02. The molecule has 2 aromatic rings. The van der Waals surface area contributed by atoms with Crippen LogP contribution in [-0.2, 0) is 9.59 Å². The molecule has 1 aromatic heterocycles. The van der Waals surface area contributed by atoms with Crippen molar-refractivity contribution >= 4 is 44.5 Å². The second-order valence-corrected chi connectivity index (χ2v) is 8.55. The van der Waals surface area contributed by atoms with Crippen LogP contribution >= 0.6 is 11.3 Å². The molecule has 4 rings (SSSR count). The number of likely N-dealkylation sites (N-methyl/N-ethyl adjacent to an activating group) is 1. The van der Waals surface area contributed by atoms with Crippen molar-refractivity contribution in [1.82, 2.24) is 15.2 Å². The molecule has 1 saturated carbocycles. The average molecular weight is 401 g/mol. The van der Waals surface area contributed by atoms with Crippen molar-refractivity contribution in [3.05, 3.63) is 24.3 Å². The van der Waals surface area contributed by atoms with Crippen molar-refractivity contribution in [3.63, 3.8) is 0 Å². The van der Waals surface area contributed by atoms with Gasteiger partial charge in [0, 0.05) is 6.54 Å². The van der Waals surface area contributed by atoms with E-state index in [-0.39, 0.29) is 24.3 Å². The lowest BCUT2D eigenvalue weighted by Crippen LogP contribution is -2.54. The van der Waals surface area contributed by atoms with Crippen LogP contribution in [0.15, 0.2) is 24.3 Å². The monoisotopic (exact) mass is 400 g/mol. The number of aromatic nitrogens is 1. The number of para-hydroxylation sites is 1. The molecule has 0 bridgehead atoms. The number of nitrogens with zero attached hydrogens (tertiary/aromatic N) is 3. The van der Waals surface area contributed by atoms with Crippen molar-refractivity contribution in [2.75, 3.05) is 18.0 Å². The van der Waals surface area contributed by atoms with Gasteiger partial charge in [0.25, 0.3) is 5.91 Å². The lowest BCUT2D eigenvalue weighted by atomic mass is 9.73. The highest BCUT2D eigenvalue weighted by molar-refractivity contribution is 7.22. The molecule has 1 spiro atoms. The number of amides is 4. The number of carbonyl (C=O) groups excluding carboxylic acids is 3. The van der Waals surface area contributed by atoms with Crippen molar-refractivity contribution in [3.8, 4) is 0 Å². The van der Waals surface area contributed by atoms with Crippen LogP contribution in [0.3, 0.4) is 0 Å². The highest BCUT2D eigenvalue weighted by atomic mass is 32.1. The Hall–Kier alpha value is -2.48. The summed E-state index contributed by atoms with van der Waals surface area (Å²) < 4.78 is 0.994. The number of benzene rings is 1. The van der Waals surface area contributed by atoms with Crippen LogP contribution in [0, 0.1) is 5.92 Å². The highest BCUT2D eigenvalue weighted by Gasteiger charge is 2.55.